The Balaban J connectivity index is 3.18. The molecule has 0 aliphatic carbocycles. The molecule has 0 radical (unpaired) electrons. The maximum absolute atomic E-state index is 11.8. The fourth-order valence-corrected chi connectivity index (χ4v) is 2.44. The Bertz CT molecular complexity index is 570. The van der Waals surface area contributed by atoms with Gasteiger partial charge in [0.2, 0.25) is 5.91 Å². The fourth-order valence-electron chi connectivity index (χ4n) is 2.44. The second-order valence-corrected chi connectivity index (χ2v) is 8.23. The van der Waals surface area contributed by atoms with Gasteiger partial charge in [-0.1, -0.05) is 41.5 Å². The van der Waals surface area contributed by atoms with E-state index >= 15 is 0 Å². The molecular weight excluding hydrogens is 300 g/mol. The summed E-state index contributed by atoms with van der Waals surface area (Å²) in [6.45, 7) is 13.6. The summed E-state index contributed by atoms with van der Waals surface area (Å²) in [6.07, 6.45) is 4.09. The maximum atomic E-state index is 11.8. The van der Waals surface area contributed by atoms with E-state index in [4.69, 9.17) is 5.73 Å². The second-order valence-electron chi connectivity index (χ2n) is 8.23. The number of nitrogens with one attached hydrogen (secondary N) is 1. The molecule has 0 spiro atoms. The zero-order valence-electron chi connectivity index (χ0n) is 15.9. The van der Waals surface area contributed by atoms with Crippen LogP contribution in [0, 0.1) is 0 Å². The van der Waals surface area contributed by atoms with Gasteiger partial charge in [-0.2, -0.15) is 0 Å². The Kier molecular flexibility index (Phi) is 6.61. The van der Waals surface area contributed by atoms with E-state index in [-0.39, 0.29) is 16.7 Å². The molecule has 4 N–H and O–H groups in total. The van der Waals surface area contributed by atoms with Crippen LogP contribution in [0.15, 0.2) is 18.2 Å². The first-order valence-electron chi connectivity index (χ1n) is 8.50. The summed E-state index contributed by atoms with van der Waals surface area (Å²) in [7, 11) is 0. The minimum absolute atomic E-state index is 0.133. The van der Waals surface area contributed by atoms with Crippen molar-refractivity contribution in [1.82, 2.24) is 5.32 Å². The normalized spacial score (nSPS) is 12.6. The number of phenolic OH excluding ortho intramolecular Hbond substituents is 1. The van der Waals surface area contributed by atoms with Gasteiger partial charge in [0.1, 0.15) is 5.75 Å². The average Bonchev–Trinajstić information content (AvgIpc) is 2.44. The zero-order valence-corrected chi connectivity index (χ0v) is 15.9. The number of hydrogen-bond acceptors (Lipinski definition) is 3. The molecule has 24 heavy (non-hydrogen) atoms. The molecule has 1 amide bonds. The number of benzene rings is 1. The fraction of sp³-hybridized carbons (Fsp3) is 0.550. The summed E-state index contributed by atoms with van der Waals surface area (Å²) in [6, 6.07) is 3.91. The van der Waals surface area contributed by atoms with E-state index in [1.54, 1.807) is 6.08 Å². The van der Waals surface area contributed by atoms with Gasteiger partial charge in [-0.15, -0.1) is 0 Å². The molecule has 1 aromatic carbocycles. The summed E-state index contributed by atoms with van der Waals surface area (Å²) in [5.41, 5.74) is 7.74. The molecule has 134 valence electrons. The lowest BCUT2D eigenvalue weighted by molar-refractivity contribution is -0.116. The molecule has 0 unspecified atom stereocenters. The van der Waals surface area contributed by atoms with Crippen molar-refractivity contribution >= 4 is 12.0 Å². The molecular formula is C20H32N2O2. The Morgan fingerprint density at radius 3 is 2.04 bits per heavy atom. The molecule has 4 heteroatoms. The number of carbonyl (C=O) groups excluding carboxylic acids is 1. The highest BCUT2D eigenvalue weighted by Gasteiger charge is 2.26. The van der Waals surface area contributed by atoms with Gasteiger partial charge < -0.3 is 16.2 Å². The lowest BCUT2D eigenvalue weighted by atomic mass is 9.78. The van der Waals surface area contributed by atoms with Crippen LogP contribution in [0.25, 0.3) is 6.08 Å². The molecule has 0 atom stereocenters. The molecule has 1 aromatic rings. The van der Waals surface area contributed by atoms with Gasteiger partial charge in [0.25, 0.3) is 0 Å². The van der Waals surface area contributed by atoms with Gasteiger partial charge in [-0.05, 0) is 47.6 Å². The number of rotatable bonds is 5. The highest BCUT2D eigenvalue weighted by Crippen LogP contribution is 2.39. The first-order chi connectivity index (χ1) is 11.0. The molecule has 0 saturated heterocycles. The number of phenols is 1. The predicted octanol–water partition coefficient (Wildman–Crippen LogP) is 3.47. The van der Waals surface area contributed by atoms with Crippen LogP contribution in [-0.2, 0) is 15.6 Å². The Morgan fingerprint density at radius 2 is 1.62 bits per heavy atom. The summed E-state index contributed by atoms with van der Waals surface area (Å²) in [4.78, 5) is 11.8. The highest BCUT2D eigenvalue weighted by molar-refractivity contribution is 5.91. The van der Waals surface area contributed by atoms with E-state index in [0.717, 1.165) is 23.1 Å². The molecule has 0 saturated carbocycles. The van der Waals surface area contributed by atoms with Crippen LogP contribution in [0.1, 0.15) is 64.7 Å². The van der Waals surface area contributed by atoms with Crippen molar-refractivity contribution in [2.45, 2.75) is 58.8 Å². The van der Waals surface area contributed by atoms with Crippen LogP contribution in [0.4, 0.5) is 0 Å². The molecule has 1 rings (SSSR count). The maximum Gasteiger partial charge on any atom is 0.243 e. The van der Waals surface area contributed by atoms with Crippen molar-refractivity contribution in [2.24, 2.45) is 5.73 Å². The molecule has 0 aromatic heterocycles. The van der Waals surface area contributed by atoms with Gasteiger partial charge in [0.15, 0.2) is 0 Å². The quantitative estimate of drug-likeness (QED) is 0.571. The molecule has 0 fully saturated rings. The summed E-state index contributed by atoms with van der Waals surface area (Å²) in [5.74, 6) is 0.214. The van der Waals surface area contributed by atoms with Gasteiger partial charge >= 0.3 is 0 Å². The number of hydrogen-bond donors (Lipinski definition) is 3. The highest BCUT2D eigenvalue weighted by atomic mass is 16.3. The smallest absolute Gasteiger partial charge is 0.243 e. The number of carbonyl (C=O) groups is 1. The molecule has 4 nitrogen and oxygen atoms in total. The standard InChI is InChI=1S/C20H32N2O2/c1-19(2,3)15-12-14(8-9-17(23)22-11-7-10-21)13-16(18(15)24)20(4,5)6/h8-9,12-13,24H,7,10-11,21H2,1-6H3,(H,22,23). The lowest BCUT2D eigenvalue weighted by Crippen LogP contribution is -2.23. The number of nitrogens with two attached hydrogens (primary N) is 1. The molecule has 0 aliphatic heterocycles. The molecule has 0 heterocycles. The predicted molar refractivity (Wildman–Crippen MR) is 101 cm³/mol. The third kappa shape index (κ3) is 5.68. The van der Waals surface area contributed by atoms with Crippen LogP contribution in [0.5, 0.6) is 5.75 Å². The second kappa shape index (κ2) is 7.84. The minimum Gasteiger partial charge on any atom is -0.507 e. The van der Waals surface area contributed by atoms with Gasteiger partial charge in [0, 0.05) is 23.7 Å². The third-order valence-electron chi connectivity index (χ3n) is 3.86. The van der Waals surface area contributed by atoms with E-state index in [0.29, 0.717) is 18.8 Å². The van der Waals surface area contributed by atoms with Crippen LogP contribution in [-0.4, -0.2) is 24.1 Å². The van der Waals surface area contributed by atoms with Crippen molar-refractivity contribution in [2.75, 3.05) is 13.1 Å². The van der Waals surface area contributed by atoms with Crippen molar-refractivity contribution in [3.63, 3.8) is 0 Å². The largest absolute Gasteiger partial charge is 0.507 e. The minimum atomic E-state index is -0.183. The van der Waals surface area contributed by atoms with Gasteiger partial charge in [-0.3, -0.25) is 4.79 Å². The average molecular weight is 332 g/mol. The first-order valence-corrected chi connectivity index (χ1v) is 8.50. The SMILES string of the molecule is CC(C)(C)c1cc(C=CC(=O)NCCCN)cc(C(C)(C)C)c1O. The van der Waals surface area contributed by atoms with Crippen molar-refractivity contribution < 1.29 is 9.90 Å². The zero-order chi connectivity index (χ0) is 18.5. The van der Waals surface area contributed by atoms with E-state index < -0.39 is 0 Å². The van der Waals surface area contributed by atoms with Crippen molar-refractivity contribution in [3.8, 4) is 5.75 Å². The van der Waals surface area contributed by atoms with Gasteiger partial charge in [0.05, 0.1) is 0 Å². The first kappa shape index (κ1) is 20.2. The summed E-state index contributed by atoms with van der Waals surface area (Å²) < 4.78 is 0. The molecule has 0 aliphatic rings. The van der Waals surface area contributed by atoms with E-state index in [1.807, 2.05) is 12.1 Å². The Morgan fingerprint density at radius 1 is 1.12 bits per heavy atom. The van der Waals surface area contributed by atoms with Crippen molar-refractivity contribution in [3.05, 3.63) is 34.9 Å². The monoisotopic (exact) mass is 332 g/mol. The molecule has 0 bridgehead atoms. The summed E-state index contributed by atoms with van der Waals surface area (Å²) in [5, 5.41) is 13.5. The van der Waals surface area contributed by atoms with E-state index in [9.17, 15) is 9.90 Å². The number of amides is 1. The van der Waals surface area contributed by atoms with Crippen molar-refractivity contribution in [1.29, 1.82) is 0 Å². The van der Waals surface area contributed by atoms with Crippen LogP contribution >= 0.6 is 0 Å². The van der Waals surface area contributed by atoms with E-state index in [2.05, 4.69) is 46.9 Å². The topological polar surface area (TPSA) is 75.4 Å². The van der Waals surface area contributed by atoms with Gasteiger partial charge in [-0.25, -0.2) is 0 Å². The number of aromatic hydroxyl groups is 1. The summed E-state index contributed by atoms with van der Waals surface area (Å²) >= 11 is 0. The van der Waals surface area contributed by atoms with E-state index in [1.165, 1.54) is 6.08 Å². The van der Waals surface area contributed by atoms with Crippen LogP contribution in [0.3, 0.4) is 0 Å². The third-order valence-corrected chi connectivity index (χ3v) is 3.86. The van der Waals surface area contributed by atoms with Crippen LogP contribution in [0.2, 0.25) is 0 Å². The van der Waals surface area contributed by atoms with Crippen LogP contribution < -0.4 is 11.1 Å². The lowest BCUT2D eigenvalue weighted by Gasteiger charge is -2.27. The Hall–Kier alpha value is -1.81. The Labute approximate surface area is 146 Å².